The lowest BCUT2D eigenvalue weighted by atomic mass is 10.2. The van der Waals surface area contributed by atoms with Gasteiger partial charge in [-0.05, 0) is 37.3 Å². The smallest absolute Gasteiger partial charge is 0.131 e. The van der Waals surface area contributed by atoms with Crippen molar-refractivity contribution < 1.29 is 4.79 Å². The predicted octanol–water partition coefficient (Wildman–Crippen LogP) is 2.80. The molecule has 0 amide bonds. The molecule has 0 spiro atoms. The van der Waals surface area contributed by atoms with Gasteiger partial charge >= 0.3 is 0 Å². The zero-order chi connectivity index (χ0) is 13.1. The van der Waals surface area contributed by atoms with Crippen LogP contribution >= 0.6 is 12.6 Å². The molecule has 3 nitrogen and oxygen atoms in total. The molecule has 18 heavy (non-hydrogen) atoms. The van der Waals surface area contributed by atoms with Gasteiger partial charge in [0.1, 0.15) is 11.6 Å². The third-order valence-corrected chi connectivity index (χ3v) is 3.23. The minimum Gasteiger partial charge on any atom is -0.328 e. The van der Waals surface area contributed by atoms with Gasteiger partial charge in [-0.2, -0.15) is 12.6 Å². The van der Waals surface area contributed by atoms with Gasteiger partial charge in [-0.15, -0.1) is 0 Å². The van der Waals surface area contributed by atoms with Gasteiger partial charge in [0, 0.05) is 19.4 Å². The first-order valence-corrected chi connectivity index (χ1v) is 6.81. The molecule has 1 aromatic heterocycles. The van der Waals surface area contributed by atoms with E-state index in [0.717, 1.165) is 29.0 Å². The van der Waals surface area contributed by atoms with E-state index in [1.54, 1.807) is 6.92 Å². The molecule has 0 fully saturated rings. The van der Waals surface area contributed by atoms with Gasteiger partial charge in [-0.3, -0.25) is 4.79 Å². The first-order chi connectivity index (χ1) is 8.61. The van der Waals surface area contributed by atoms with Crippen LogP contribution in [0.5, 0.6) is 0 Å². The van der Waals surface area contributed by atoms with Crippen LogP contribution in [0.3, 0.4) is 0 Å². The third kappa shape index (κ3) is 2.75. The molecular weight excluding hydrogens is 244 g/mol. The summed E-state index contributed by atoms with van der Waals surface area (Å²) in [7, 11) is 0. The number of hydrogen-bond acceptors (Lipinski definition) is 3. The molecule has 1 aromatic carbocycles. The van der Waals surface area contributed by atoms with Gasteiger partial charge in [0.25, 0.3) is 0 Å². The summed E-state index contributed by atoms with van der Waals surface area (Å²) in [6.07, 6.45) is 1.38. The minimum atomic E-state index is 0.209. The number of fused-ring (bicyclic) bond motifs is 1. The number of ketones is 1. The van der Waals surface area contributed by atoms with Crippen molar-refractivity contribution in [3.63, 3.8) is 0 Å². The summed E-state index contributed by atoms with van der Waals surface area (Å²) in [5.41, 5.74) is 3.32. The first kappa shape index (κ1) is 13.1. The number of nitrogens with zero attached hydrogens (tertiary/aromatic N) is 2. The standard InChI is InChI=1S/C14H18N2OS/c1-10-3-4-13-12(9-10)15-14(6-8-18)16(13)7-5-11(2)17/h3-4,9,18H,5-8H2,1-2H3. The van der Waals surface area contributed by atoms with E-state index in [9.17, 15) is 4.79 Å². The lowest BCUT2D eigenvalue weighted by molar-refractivity contribution is -0.117. The number of Topliss-reactive ketones (excluding diaryl/α,β-unsaturated/α-hetero) is 1. The van der Waals surface area contributed by atoms with Crippen molar-refractivity contribution in [3.8, 4) is 0 Å². The maximum atomic E-state index is 11.1. The fourth-order valence-electron chi connectivity index (χ4n) is 2.10. The highest BCUT2D eigenvalue weighted by molar-refractivity contribution is 7.80. The lowest BCUT2D eigenvalue weighted by Gasteiger charge is -2.07. The molecule has 0 aliphatic rings. The number of carbonyl (C=O) groups excluding carboxylic acids is 1. The van der Waals surface area contributed by atoms with Crippen LogP contribution in [0.25, 0.3) is 11.0 Å². The fraction of sp³-hybridized carbons (Fsp3) is 0.429. The van der Waals surface area contributed by atoms with Crippen molar-refractivity contribution in [1.29, 1.82) is 0 Å². The fourth-order valence-corrected chi connectivity index (χ4v) is 2.30. The Morgan fingerprint density at radius 3 is 2.89 bits per heavy atom. The summed E-state index contributed by atoms with van der Waals surface area (Å²) in [5, 5.41) is 0. The largest absolute Gasteiger partial charge is 0.328 e. The van der Waals surface area contributed by atoms with Crippen LogP contribution < -0.4 is 0 Å². The highest BCUT2D eigenvalue weighted by Gasteiger charge is 2.10. The molecule has 0 saturated carbocycles. The second kappa shape index (κ2) is 5.57. The van der Waals surface area contributed by atoms with Crippen LogP contribution in [0.2, 0.25) is 0 Å². The number of rotatable bonds is 5. The van der Waals surface area contributed by atoms with Crippen LogP contribution in [-0.4, -0.2) is 21.1 Å². The van der Waals surface area contributed by atoms with E-state index in [2.05, 4.69) is 47.3 Å². The number of aryl methyl sites for hydroxylation is 3. The van der Waals surface area contributed by atoms with E-state index in [1.807, 2.05) is 0 Å². The summed E-state index contributed by atoms with van der Waals surface area (Å²) < 4.78 is 2.15. The Bertz CT molecular complexity index is 574. The molecule has 96 valence electrons. The van der Waals surface area contributed by atoms with Crippen LogP contribution in [0.4, 0.5) is 0 Å². The number of carbonyl (C=O) groups is 1. The molecule has 2 aromatic rings. The van der Waals surface area contributed by atoms with E-state index >= 15 is 0 Å². The van der Waals surface area contributed by atoms with Gasteiger partial charge in [-0.25, -0.2) is 4.98 Å². The minimum absolute atomic E-state index is 0.209. The number of benzene rings is 1. The van der Waals surface area contributed by atoms with Crippen LogP contribution in [0.15, 0.2) is 18.2 Å². The topological polar surface area (TPSA) is 34.9 Å². The summed E-state index contributed by atoms with van der Waals surface area (Å²) in [5.74, 6) is 2.00. The van der Waals surface area contributed by atoms with Crippen molar-refractivity contribution in [1.82, 2.24) is 9.55 Å². The van der Waals surface area contributed by atoms with E-state index < -0.39 is 0 Å². The molecule has 0 saturated heterocycles. The Hall–Kier alpha value is -1.29. The van der Waals surface area contributed by atoms with Crippen molar-refractivity contribution in [2.24, 2.45) is 0 Å². The van der Waals surface area contributed by atoms with Crippen molar-refractivity contribution in [2.45, 2.75) is 33.2 Å². The van der Waals surface area contributed by atoms with Crippen molar-refractivity contribution in [3.05, 3.63) is 29.6 Å². The van der Waals surface area contributed by atoms with E-state index in [1.165, 1.54) is 5.56 Å². The highest BCUT2D eigenvalue weighted by atomic mass is 32.1. The molecule has 0 aliphatic carbocycles. The molecule has 0 aliphatic heterocycles. The van der Waals surface area contributed by atoms with Crippen LogP contribution in [0.1, 0.15) is 24.7 Å². The van der Waals surface area contributed by atoms with Gasteiger partial charge < -0.3 is 4.57 Å². The molecule has 0 atom stereocenters. The predicted molar refractivity (Wildman–Crippen MR) is 77.3 cm³/mol. The summed E-state index contributed by atoms with van der Waals surface area (Å²) >= 11 is 4.27. The Labute approximate surface area is 113 Å². The van der Waals surface area contributed by atoms with Gasteiger partial charge in [0.2, 0.25) is 0 Å². The van der Waals surface area contributed by atoms with Crippen molar-refractivity contribution in [2.75, 3.05) is 5.75 Å². The molecule has 2 rings (SSSR count). The summed E-state index contributed by atoms with van der Waals surface area (Å²) in [6.45, 7) is 4.39. The maximum Gasteiger partial charge on any atom is 0.131 e. The Kier molecular flexibility index (Phi) is 4.07. The Morgan fingerprint density at radius 1 is 1.44 bits per heavy atom. The molecule has 4 heteroatoms. The number of imidazole rings is 1. The zero-order valence-corrected chi connectivity index (χ0v) is 11.7. The van der Waals surface area contributed by atoms with Crippen molar-refractivity contribution >= 4 is 29.4 Å². The average molecular weight is 262 g/mol. The van der Waals surface area contributed by atoms with Gasteiger partial charge in [0.15, 0.2) is 0 Å². The van der Waals surface area contributed by atoms with E-state index in [0.29, 0.717) is 13.0 Å². The third-order valence-electron chi connectivity index (χ3n) is 3.01. The highest BCUT2D eigenvalue weighted by Crippen LogP contribution is 2.19. The normalized spacial score (nSPS) is 11.1. The summed E-state index contributed by atoms with van der Waals surface area (Å²) in [4.78, 5) is 15.8. The quantitative estimate of drug-likeness (QED) is 0.841. The lowest BCUT2D eigenvalue weighted by Crippen LogP contribution is -2.07. The Balaban J connectivity index is 2.44. The molecule has 0 unspecified atom stereocenters. The number of thiol groups is 1. The van der Waals surface area contributed by atoms with E-state index in [4.69, 9.17) is 0 Å². The number of aromatic nitrogens is 2. The van der Waals surface area contributed by atoms with E-state index in [-0.39, 0.29) is 5.78 Å². The number of hydrogen-bond donors (Lipinski definition) is 1. The molecule has 0 radical (unpaired) electrons. The Morgan fingerprint density at radius 2 is 2.22 bits per heavy atom. The maximum absolute atomic E-state index is 11.1. The van der Waals surface area contributed by atoms with Crippen LogP contribution in [0, 0.1) is 6.92 Å². The molecule has 1 heterocycles. The first-order valence-electron chi connectivity index (χ1n) is 6.18. The molecule has 0 bridgehead atoms. The van der Waals surface area contributed by atoms with Crippen LogP contribution in [-0.2, 0) is 17.8 Å². The zero-order valence-electron chi connectivity index (χ0n) is 10.8. The monoisotopic (exact) mass is 262 g/mol. The second-order valence-electron chi connectivity index (χ2n) is 4.60. The second-order valence-corrected chi connectivity index (χ2v) is 5.04. The average Bonchev–Trinajstić information content (AvgIpc) is 2.63. The molecule has 0 N–H and O–H groups in total. The SMILES string of the molecule is CC(=O)CCn1c(CCS)nc2cc(C)ccc21. The summed E-state index contributed by atoms with van der Waals surface area (Å²) in [6, 6.07) is 6.25. The molecular formula is C14H18N2OS. The van der Waals surface area contributed by atoms with Gasteiger partial charge in [0.05, 0.1) is 11.0 Å². The van der Waals surface area contributed by atoms with Gasteiger partial charge in [-0.1, -0.05) is 6.07 Å².